The van der Waals surface area contributed by atoms with Crippen LogP contribution in [-0.2, 0) is 0 Å². The number of oxazole rings is 1. The summed E-state index contributed by atoms with van der Waals surface area (Å²) in [6.45, 7) is 0. The molecule has 28 heavy (non-hydrogen) atoms. The van der Waals surface area contributed by atoms with Gasteiger partial charge in [-0.15, -0.1) is 0 Å². The first-order chi connectivity index (χ1) is 13.6. The average molecular weight is 493 g/mol. The van der Waals surface area contributed by atoms with Crippen LogP contribution in [0.15, 0.2) is 68.5 Å². The summed E-state index contributed by atoms with van der Waals surface area (Å²) in [5.41, 5.74) is 5.32. The molecule has 0 spiro atoms. The van der Waals surface area contributed by atoms with Gasteiger partial charge in [0.15, 0.2) is 0 Å². The van der Waals surface area contributed by atoms with Gasteiger partial charge in [0.1, 0.15) is 0 Å². The van der Waals surface area contributed by atoms with E-state index in [4.69, 9.17) is 9.40 Å². The Morgan fingerprint density at radius 1 is 1.04 bits per heavy atom. The Hall–Kier alpha value is -2.76. The fourth-order valence-corrected chi connectivity index (χ4v) is 4.15. The molecule has 0 atom stereocenters. The molecule has 2 radical (unpaired) electrons. The van der Waals surface area contributed by atoms with Crippen LogP contribution in [0.3, 0.4) is 0 Å². The molecule has 3 aromatic heterocycles. The third kappa shape index (κ3) is 2.97. The normalized spacial score (nSPS) is 11.4. The molecule has 0 saturated carbocycles. The molecule has 0 saturated heterocycles. The predicted molar refractivity (Wildman–Crippen MR) is 112 cm³/mol. The Morgan fingerprint density at radius 2 is 1.93 bits per heavy atom. The van der Waals surface area contributed by atoms with Gasteiger partial charge in [-0.25, -0.2) is 0 Å². The Kier molecular flexibility index (Phi) is 4.14. The molecule has 0 bridgehead atoms. The third-order valence-corrected chi connectivity index (χ3v) is 5.64. The number of fused-ring (bicyclic) bond motifs is 2. The number of H-pyrrole nitrogens is 1. The van der Waals surface area contributed by atoms with Crippen molar-refractivity contribution in [1.82, 2.24) is 19.9 Å². The van der Waals surface area contributed by atoms with Crippen LogP contribution in [-0.4, -0.2) is 36.8 Å². The first-order valence-corrected chi connectivity index (χ1v) is 10.1. The third-order valence-electron chi connectivity index (χ3n) is 4.44. The fraction of sp³-hybridized carbons (Fsp3) is 0. The van der Waals surface area contributed by atoms with Crippen molar-refractivity contribution in [2.24, 2.45) is 0 Å². The zero-order chi connectivity index (χ0) is 19.3. The van der Waals surface area contributed by atoms with E-state index in [2.05, 4.69) is 47.7 Å². The van der Waals surface area contributed by atoms with Crippen LogP contribution in [0, 0.1) is 0 Å². The fourth-order valence-electron chi connectivity index (χ4n) is 3.18. The zero-order valence-corrected chi connectivity index (χ0v) is 17.6. The monoisotopic (exact) mass is 492 g/mol. The summed E-state index contributed by atoms with van der Waals surface area (Å²) < 4.78 is 6.98. The van der Waals surface area contributed by atoms with Gasteiger partial charge in [0, 0.05) is 0 Å². The number of halogens is 1. The molecule has 8 heteroatoms. The Morgan fingerprint density at radius 3 is 2.79 bits per heavy atom. The second kappa shape index (κ2) is 6.69. The summed E-state index contributed by atoms with van der Waals surface area (Å²) >= 11 is 6.01. The molecular formula is C20H10AsBrN4O2. The van der Waals surface area contributed by atoms with Gasteiger partial charge < -0.3 is 0 Å². The number of aromatic nitrogens is 4. The molecule has 6 nitrogen and oxygen atoms in total. The topological polar surface area (TPSA) is 84.7 Å². The van der Waals surface area contributed by atoms with E-state index < -0.39 is 5.76 Å². The average Bonchev–Trinajstić information content (AvgIpc) is 3.06. The van der Waals surface area contributed by atoms with Crippen LogP contribution in [0.5, 0.6) is 0 Å². The number of aromatic amines is 1. The molecule has 0 amide bonds. The van der Waals surface area contributed by atoms with Gasteiger partial charge in [-0.2, -0.15) is 0 Å². The van der Waals surface area contributed by atoms with E-state index in [-0.39, 0.29) is 0 Å². The standard InChI is InChI=1S/C20H10AsBrN4O2/c21-18-17-13(10-2-1-3-12(22)6-10)8-15(25-19(17)24-9-23-18)11-4-5-14-16(7-11)28-20(27)26-14/h1-9H,(H,26,27). The summed E-state index contributed by atoms with van der Waals surface area (Å²) in [5.74, 6) is -0.477. The number of benzene rings is 2. The van der Waals surface area contributed by atoms with Crippen molar-refractivity contribution in [3.05, 3.63) is 69.9 Å². The van der Waals surface area contributed by atoms with E-state index in [1.54, 1.807) is 6.07 Å². The minimum atomic E-state index is -0.477. The van der Waals surface area contributed by atoms with Gasteiger partial charge in [0.05, 0.1) is 0 Å². The molecule has 0 aliphatic carbocycles. The van der Waals surface area contributed by atoms with E-state index in [1.807, 2.05) is 42.5 Å². The van der Waals surface area contributed by atoms with Gasteiger partial charge in [-0.1, -0.05) is 0 Å². The first kappa shape index (κ1) is 17.3. The zero-order valence-electron chi connectivity index (χ0n) is 14.2. The van der Waals surface area contributed by atoms with Crippen molar-refractivity contribution in [2.45, 2.75) is 0 Å². The summed E-state index contributed by atoms with van der Waals surface area (Å²) in [6, 6.07) is 15.6. The minimum absolute atomic E-state index is 0.477. The molecule has 0 fully saturated rings. The van der Waals surface area contributed by atoms with Gasteiger partial charge >= 0.3 is 176 Å². The van der Waals surface area contributed by atoms with Crippen molar-refractivity contribution < 1.29 is 4.42 Å². The quantitative estimate of drug-likeness (QED) is 0.382. The Balaban J connectivity index is 1.81. The number of rotatable bonds is 2. The Labute approximate surface area is 175 Å². The molecule has 5 aromatic rings. The van der Waals surface area contributed by atoms with Crippen molar-refractivity contribution in [1.29, 1.82) is 0 Å². The van der Waals surface area contributed by atoms with E-state index >= 15 is 0 Å². The second-order valence-electron chi connectivity index (χ2n) is 6.19. The number of hydrogen-bond acceptors (Lipinski definition) is 5. The van der Waals surface area contributed by atoms with Gasteiger partial charge in [0.25, 0.3) is 0 Å². The first-order valence-electron chi connectivity index (χ1n) is 8.32. The van der Waals surface area contributed by atoms with E-state index in [0.29, 0.717) is 16.7 Å². The van der Waals surface area contributed by atoms with E-state index in [1.165, 1.54) is 6.33 Å². The molecule has 2 aromatic carbocycles. The van der Waals surface area contributed by atoms with E-state index in [0.717, 1.165) is 36.7 Å². The maximum absolute atomic E-state index is 11.5. The van der Waals surface area contributed by atoms with Crippen LogP contribution in [0.4, 0.5) is 0 Å². The van der Waals surface area contributed by atoms with Crippen molar-refractivity contribution in [3.63, 3.8) is 0 Å². The summed E-state index contributed by atoms with van der Waals surface area (Å²) in [6.07, 6.45) is 1.51. The summed E-state index contributed by atoms with van der Waals surface area (Å²) in [4.78, 5) is 27.5. The van der Waals surface area contributed by atoms with Crippen LogP contribution in [0.25, 0.3) is 44.5 Å². The number of nitrogens with one attached hydrogen (secondary N) is 1. The number of pyridine rings is 1. The second-order valence-corrected chi connectivity index (χ2v) is 7.99. The molecule has 0 aliphatic rings. The molecule has 5 rings (SSSR count). The van der Waals surface area contributed by atoms with Gasteiger partial charge in [0.2, 0.25) is 0 Å². The van der Waals surface area contributed by atoms with Crippen LogP contribution >= 0.6 is 15.9 Å². The molecule has 0 aliphatic heterocycles. The van der Waals surface area contributed by atoms with Gasteiger partial charge in [-0.05, 0) is 0 Å². The molecular weight excluding hydrogens is 483 g/mol. The molecule has 134 valence electrons. The maximum atomic E-state index is 11.5. The molecule has 3 heterocycles. The summed E-state index contributed by atoms with van der Waals surface area (Å²) in [7, 11) is 0. The van der Waals surface area contributed by atoms with Crippen molar-refractivity contribution in [2.75, 3.05) is 0 Å². The van der Waals surface area contributed by atoms with Gasteiger partial charge in [-0.3, -0.25) is 0 Å². The van der Waals surface area contributed by atoms with Crippen LogP contribution < -0.4 is 10.2 Å². The van der Waals surface area contributed by atoms with E-state index in [9.17, 15) is 4.79 Å². The number of nitrogens with zero attached hydrogens (tertiary/aromatic N) is 3. The number of hydrogen-bond donors (Lipinski definition) is 1. The van der Waals surface area contributed by atoms with Crippen molar-refractivity contribution in [3.8, 4) is 22.4 Å². The van der Waals surface area contributed by atoms with Crippen LogP contribution in [0.2, 0.25) is 0 Å². The molecule has 0 unspecified atom stereocenters. The SMILES string of the molecule is O=c1[nH]c2ccc(-c3cc(-c4cccc(Br)c4)c4c([As])ncnc4n3)cc2o1. The van der Waals surface area contributed by atoms with Crippen LogP contribution in [0.1, 0.15) is 0 Å². The summed E-state index contributed by atoms with van der Waals surface area (Å²) in [5, 5.41) is 0.888. The Bertz CT molecular complexity index is 1430. The predicted octanol–water partition coefficient (Wildman–Crippen LogP) is 3.35. The molecule has 1 N–H and O–H groups in total. The van der Waals surface area contributed by atoms with Crippen molar-refractivity contribution >= 4 is 59.4 Å².